The van der Waals surface area contributed by atoms with Crippen LogP contribution in [0.2, 0.25) is 5.02 Å². The predicted octanol–water partition coefficient (Wildman–Crippen LogP) is 5.83. The van der Waals surface area contributed by atoms with Crippen molar-refractivity contribution in [3.8, 4) is 11.4 Å². The Morgan fingerprint density at radius 3 is 2.56 bits per heavy atom. The van der Waals surface area contributed by atoms with Crippen LogP contribution < -0.4 is 10.2 Å². The van der Waals surface area contributed by atoms with Crippen LogP contribution in [0.4, 0.5) is 10.1 Å². The van der Waals surface area contributed by atoms with Crippen molar-refractivity contribution in [2.75, 3.05) is 4.90 Å². The Hall–Kier alpha value is -5.00. The lowest BCUT2D eigenvalue weighted by molar-refractivity contribution is -0.127. The first-order chi connectivity index (χ1) is 20.9. The van der Waals surface area contributed by atoms with Crippen molar-refractivity contribution in [3.63, 3.8) is 0 Å². The summed E-state index contributed by atoms with van der Waals surface area (Å²) < 4.78 is 13.4. The second kappa shape index (κ2) is 12.5. The van der Waals surface area contributed by atoms with Crippen LogP contribution in [0.5, 0.6) is 0 Å². The molecule has 0 aliphatic rings. The minimum Gasteiger partial charge on any atom is -0.350 e. The van der Waals surface area contributed by atoms with E-state index in [1.807, 2.05) is 41.8 Å². The van der Waals surface area contributed by atoms with Crippen LogP contribution in [0.1, 0.15) is 16.5 Å². The van der Waals surface area contributed by atoms with E-state index in [9.17, 15) is 14.0 Å². The van der Waals surface area contributed by atoms with Gasteiger partial charge >= 0.3 is 0 Å². The molecule has 214 valence electrons. The molecular formula is C31H23ClFN7O2S. The largest absolute Gasteiger partial charge is 0.350 e. The van der Waals surface area contributed by atoms with Crippen molar-refractivity contribution in [1.29, 1.82) is 0 Å². The predicted molar refractivity (Wildman–Crippen MR) is 163 cm³/mol. The van der Waals surface area contributed by atoms with Crippen molar-refractivity contribution < 1.29 is 14.0 Å². The highest BCUT2D eigenvalue weighted by atomic mass is 35.5. The van der Waals surface area contributed by atoms with Crippen molar-refractivity contribution in [2.45, 2.75) is 19.1 Å². The molecule has 9 nitrogen and oxygen atoms in total. The Balaban J connectivity index is 1.35. The van der Waals surface area contributed by atoms with Gasteiger partial charge in [0.1, 0.15) is 18.4 Å². The normalized spacial score (nSPS) is 11.8. The fourth-order valence-corrected chi connectivity index (χ4v) is 5.50. The maximum Gasteiger partial charge on any atom is 0.251 e. The standard InChI is InChI=1S/C31H23ClFN7O2S/c32-23-11-9-21(10-12-23)30-36-38-39(37-30)19-28(41)40(25-16-22-4-1-2-5-26(22)34-18-25)29(27-6-3-15-43-27)31(42)35-17-20-7-13-24(33)14-8-20/h1-16,18,29H,17,19H2,(H,35,42)/t29-/m0/s1. The Labute approximate surface area is 254 Å². The van der Waals surface area contributed by atoms with Crippen LogP contribution in [0.25, 0.3) is 22.3 Å². The summed E-state index contributed by atoms with van der Waals surface area (Å²) in [4.78, 5) is 35.8. The summed E-state index contributed by atoms with van der Waals surface area (Å²) in [6.07, 6.45) is 1.57. The molecule has 0 radical (unpaired) electrons. The van der Waals surface area contributed by atoms with Gasteiger partial charge in [-0.3, -0.25) is 19.5 Å². The summed E-state index contributed by atoms with van der Waals surface area (Å²) in [6.45, 7) is -0.144. The van der Waals surface area contributed by atoms with Crippen LogP contribution in [0, 0.1) is 5.82 Å². The van der Waals surface area contributed by atoms with E-state index < -0.39 is 17.9 Å². The third kappa shape index (κ3) is 6.42. The Morgan fingerprint density at radius 2 is 1.79 bits per heavy atom. The van der Waals surface area contributed by atoms with Crippen molar-refractivity contribution in [3.05, 3.63) is 124 Å². The summed E-state index contributed by atoms with van der Waals surface area (Å²) in [5, 5.41) is 18.7. The summed E-state index contributed by atoms with van der Waals surface area (Å²) in [5.74, 6) is -0.905. The molecule has 1 N–H and O–H groups in total. The van der Waals surface area contributed by atoms with Crippen molar-refractivity contribution in [1.82, 2.24) is 30.5 Å². The molecule has 43 heavy (non-hydrogen) atoms. The zero-order valence-electron chi connectivity index (χ0n) is 22.5. The maximum absolute atomic E-state index is 14.1. The number of carbonyl (C=O) groups excluding carboxylic acids is 2. The number of nitrogens with one attached hydrogen (secondary N) is 1. The number of hydrogen-bond acceptors (Lipinski definition) is 7. The number of amides is 2. The van der Waals surface area contributed by atoms with E-state index in [2.05, 4.69) is 25.7 Å². The number of hydrogen-bond donors (Lipinski definition) is 1. The van der Waals surface area contributed by atoms with Gasteiger partial charge < -0.3 is 5.32 Å². The van der Waals surface area contributed by atoms with E-state index in [-0.39, 0.29) is 18.9 Å². The first-order valence-corrected chi connectivity index (χ1v) is 14.5. The van der Waals surface area contributed by atoms with E-state index in [1.54, 1.807) is 48.7 Å². The van der Waals surface area contributed by atoms with Gasteiger partial charge in [-0.15, -0.1) is 21.5 Å². The van der Waals surface area contributed by atoms with Crippen molar-refractivity contribution in [2.24, 2.45) is 0 Å². The van der Waals surface area contributed by atoms with E-state index in [0.717, 1.165) is 10.9 Å². The summed E-state index contributed by atoms with van der Waals surface area (Å²) in [6, 6.07) is 24.7. The molecule has 3 heterocycles. The molecule has 0 fully saturated rings. The quantitative estimate of drug-likeness (QED) is 0.220. The highest BCUT2D eigenvalue weighted by molar-refractivity contribution is 7.10. The first kappa shape index (κ1) is 28.1. The van der Waals surface area contributed by atoms with Crippen LogP contribution in [0.15, 0.2) is 103 Å². The van der Waals surface area contributed by atoms with Crippen LogP contribution in [0.3, 0.4) is 0 Å². The molecular weight excluding hydrogens is 589 g/mol. The zero-order valence-corrected chi connectivity index (χ0v) is 24.0. The third-order valence-electron chi connectivity index (χ3n) is 6.65. The zero-order chi connectivity index (χ0) is 29.8. The molecule has 1 atom stereocenters. The molecule has 12 heteroatoms. The van der Waals surface area contributed by atoms with Crippen LogP contribution >= 0.6 is 22.9 Å². The van der Waals surface area contributed by atoms with E-state index in [4.69, 9.17) is 11.6 Å². The lowest BCUT2D eigenvalue weighted by atomic mass is 10.1. The number of para-hydroxylation sites is 1. The fraction of sp³-hybridized carbons (Fsp3) is 0.0968. The molecule has 3 aromatic carbocycles. The SMILES string of the molecule is O=C(NCc1ccc(F)cc1)[C@H](c1cccs1)N(C(=O)Cn1nnc(-c2ccc(Cl)cc2)n1)c1cnc2ccccc2c1. The highest BCUT2D eigenvalue weighted by Gasteiger charge is 2.34. The van der Waals surface area contributed by atoms with Crippen molar-refractivity contribution >= 4 is 51.3 Å². The minimum absolute atomic E-state index is 0.147. The van der Waals surface area contributed by atoms with Gasteiger partial charge in [-0.25, -0.2) is 4.39 Å². The van der Waals surface area contributed by atoms with Crippen LogP contribution in [-0.2, 0) is 22.7 Å². The molecule has 0 spiro atoms. The number of thiophene rings is 1. The summed E-state index contributed by atoms with van der Waals surface area (Å²) >= 11 is 7.35. The lowest BCUT2D eigenvalue weighted by Crippen LogP contribution is -2.45. The number of halogens is 2. The number of aromatic nitrogens is 5. The van der Waals surface area contributed by atoms with Gasteiger partial charge in [0.05, 0.1) is 17.4 Å². The van der Waals surface area contributed by atoms with E-state index >= 15 is 0 Å². The minimum atomic E-state index is -1.03. The molecule has 0 unspecified atom stereocenters. The third-order valence-corrected chi connectivity index (χ3v) is 7.83. The van der Waals surface area contributed by atoms with Gasteiger partial charge in [0.2, 0.25) is 11.7 Å². The van der Waals surface area contributed by atoms with Gasteiger partial charge in [0.25, 0.3) is 5.91 Å². The number of anilines is 1. The number of carbonyl (C=O) groups is 2. The van der Waals surface area contributed by atoms with E-state index in [0.29, 0.717) is 32.5 Å². The Kier molecular flexibility index (Phi) is 8.16. The monoisotopic (exact) mass is 611 g/mol. The smallest absolute Gasteiger partial charge is 0.251 e. The number of pyridine rings is 1. The number of nitrogens with zero attached hydrogens (tertiary/aromatic N) is 6. The topological polar surface area (TPSA) is 106 Å². The second-order valence-corrected chi connectivity index (χ2v) is 11.0. The van der Waals surface area contributed by atoms with Crippen LogP contribution in [-0.4, -0.2) is 37.0 Å². The maximum atomic E-state index is 14.1. The Bertz CT molecular complexity index is 1880. The number of benzene rings is 3. The second-order valence-electron chi connectivity index (χ2n) is 9.56. The molecule has 6 aromatic rings. The molecule has 3 aromatic heterocycles. The average Bonchev–Trinajstić information content (AvgIpc) is 3.72. The summed E-state index contributed by atoms with van der Waals surface area (Å²) in [7, 11) is 0. The van der Waals surface area contributed by atoms with Gasteiger partial charge in [-0.2, -0.15) is 4.80 Å². The number of fused-ring (bicyclic) bond motifs is 1. The molecule has 6 rings (SSSR count). The lowest BCUT2D eigenvalue weighted by Gasteiger charge is -2.30. The summed E-state index contributed by atoms with van der Waals surface area (Å²) in [5.41, 5.74) is 2.58. The van der Waals surface area contributed by atoms with Gasteiger partial charge in [0, 0.05) is 27.4 Å². The average molecular weight is 612 g/mol. The van der Waals surface area contributed by atoms with Gasteiger partial charge in [-0.1, -0.05) is 48.0 Å². The fourth-order valence-electron chi connectivity index (χ4n) is 4.56. The number of rotatable bonds is 9. The molecule has 0 saturated heterocycles. The molecule has 2 amide bonds. The first-order valence-electron chi connectivity index (χ1n) is 13.2. The molecule has 0 bridgehead atoms. The number of tetrazole rings is 1. The van der Waals surface area contributed by atoms with Gasteiger partial charge in [0.15, 0.2) is 0 Å². The highest BCUT2D eigenvalue weighted by Crippen LogP contribution is 2.32. The Morgan fingerprint density at radius 1 is 1.00 bits per heavy atom. The molecule has 0 aliphatic carbocycles. The molecule has 0 aliphatic heterocycles. The molecule has 0 saturated carbocycles. The van der Waals surface area contributed by atoms with E-state index in [1.165, 1.54) is 33.2 Å². The van der Waals surface area contributed by atoms with Gasteiger partial charge in [-0.05, 0) is 70.8 Å².